The third-order valence-corrected chi connectivity index (χ3v) is 6.98. The van der Waals surface area contributed by atoms with Gasteiger partial charge in [-0.05, 0) is 48.2 Å². The number of hydrogen-bond acceptors (Lipinski definition) is 7. The first-order valence-corrected chi connectivity index (χ1v) is 12.9. The molecule has 1 aliphatic rings. The zero-order chi connectivity index (χ0) is 25.4. The third kappa shape index (κ3) is 7.89. The average Bonchev–Trinajstić information content (AvgIpc) is 3.23. The van der Waals surface area contributed by atoms with E-state index in [-0.39, 0.29) is 18.7 Å². The molecule has 2 aromatic carbocycles. The molecule has 0 aliphatic carbocycles. The first-order chi connectivity index (χ1) is 16.7. The molecule has 0 aromatic heterocycles. The molecule has 0 bridgehead atoms. The lowest BCUT2D eigenvalue weighted by Gasteiger charge is -2.35. The molecule has 11 heteroatoms. The van der Waals surface area contributed by atoms with Crippen molar-refractivity contribution in [2.45, 2.75) is 44.8 Å². The van der Waals surface area contributed by atoms with Crippen LogP contribution in [0.2, 0.25) is 0 Å². The van der Waals surface area contributed by atoms with E-state index in [9.17, 15) is 22.3 Å². The van der Waals surface area contributed by atoms with Crippen LogP contribution in [0, 0.1) is 11.6 Å². The van der Waals surface area contributed by atoms with Gasteiger partial charge in [0.1, 0.15) is 23.6 Å². The normalized spacial score (nSPS) is 17.3. The maximum Gasteiger partial charge on any atom is 0.241 e. The molecule has 0 saturated heterocycles. The van der Waals surface area contributed by atoms with E-state index < -0.39 is 40.2 Å². The van der Waals surface area contributed by atoms with Crippen LogP contribution < -0.4 is 14.8 Å². The van der Waals surface area contributed by atoms with Gasteiger partial charge in [-0.3, -0.25) is 0 Å². The van der Waals surface area contributed by atoms with Crippen molar-refractivity contribution in [3.8, 4) is 5.75 Å². The zero-order valence-electron chi connectivity index (χ0n) is 19.7. The number of rotatable bonds is 13. The fraction of sp³-hybridized carbons (Fsp3) is 0.417. The molecular weight excluding hydrogens is 480 g/mol. The summed E-state index contributed by atoms with van der Waals surface area (Å²) in [5.41, 5.74) is 1.25. The van der Waals surface area contributed by atoms with Crippen molar-refractivity contribution < 1.29 is 31.8 Å². The molecule has 0 radical (unpaired) electrons. The Bertz CT molecular complexity index is 1100. The zero-order valence-corrected chi connectivity index (χ0v) is 20.5. The Morgan fingerprint density at radius 1 is 1.17 bits per heavy atom. The maximum absolute atomic E-state index is 13.8. The predicted octanol–water partition coefficient (Wildman–Crippen LogP) is 2.45. The van der Waals surface area contributed by atoms with Gasteiger partial charge in [-0.2, -0.15) is 4.72 Å². The van der Waals surface area contributed by atoms with E-state index in [4.69, 9.17) is 9.47 Å². The molecule has 1 heterocycles. The monoisotopic (exact) mass is 511 g/mol. The highest BCUT2D eigenvalue weighted by atomic mass is 32.2. The predicted molar refractivity (Wildman–Crippen MR) is 128 cm³/mol. The lowest BCUT2D eigenvalue weighted by Crippen LogP contribution is -2.54. The second kappa shape index (κ2) is 12.3. The van der Waals surface area contributed by atoms with Gasteiger partial charge in [0.25, 0.3) is 0 Å². The molecule has 192 valence electrons. The Hall–Kier alpha value is -2.73. The molecular formula is C24H31F2N3O5S. The molecule has 3 rings (SSSR count). The van der Waals surface area contributed by atoms with Crippen molar-refractivity contribution in [1.82, 2.24) is 14.9 Å². The topological polar surface area (TPSA) is 100 Å². The Labute approximate surface area is 204 Å². The number of aliphatic hydroxyl groups excluding tert-OH is 1. The minimum atomic E-state index is -3.64. The van der Waals surface area contributed by atoms with E-state index in [0.717, 1.165) is 11.6 Å². The van der Waals surface area contributed by atoms with Crippen molar-refractivity contribution in [2.24, 2.45) is 0 Å². The molecule has 3 N–H and O–H groups in total. The second-order valence-electron chi connectivity index (χ2n) is 8.26. The number of aliphatic hydroxyl groups is 1. The average molecular weight is 512 g/mol. The third-order valence-electron chi connectivity index (χ3n) is 5.48. The Morgan fingerprint density at radius 2 is 1.91 bits per heavy atom. The summed E-state index contributed by atoms with van der Waals surface area (Å²) in [5, 5.41) is 14.2. The van der Waals surface area contributed by atoms with Crippen LogP contribution in [0.15, 0.2) is 54.9 Å². The van der Waals surface area contributed by atoms with E-state index in [1.807, 2.05) is 24.3 Å². The second-order valence-corrected chi connectivity index (χ2v) is 10.1. The van der Waals surface area contributed by atoms with Gasteiger partial charge in [-0.15, -0.1) is 0 Å². The number of nitrogens with zero attached hydrogens (tertiary/aromatic N) is 1. The standard InChI is InChI=1S/C24H31F2N3O5S/c1-3-9-35(31,32)28-24-29(7-8-34-24)22(13-18-10-19(25)14-20(26)11-18)23(30)16-27-15-17-5-4-6-21(12-17)33-2/h4-8,10-12,14,22-24,27-28,30H,3,9,13,15-16H2,1-2H3/t22-,23+,24?/m0/s1. The Balaban J connectivity index is 1.76. The van der Waals surface area contributed by atoms with Crippen LogP contribution in [0.5, 0.6) is 5.75 Å². The van der Waals surface area contributed by atoms with E-state index in [0.29, 0.717) is 24.3 Å². The van der Waals surface area contributed by atoms with Gasteiger partial charge in [0.2, 0.25) is 16.4 Å². The number of halogens is 2. The smallest absolute Gasteiger partial charge is 0.241 e. The molecule has 0 spiro atoms. The number of sulfonamides is 1. The highest BCUT2D eigenvalue weighted by molar-refractivity contribution is 7.89. The fourth-order valence-electron chi connectivity index (χ4n) is 3.88. The summed E-state index contributed by atoms with van der Waals surface area (Å²) in [4.78, 5) is 1.51. The first-order valence-electron chi connectivity index (χ1n) is 11.3. The summed E-state index contributed by atoms with van der Waals surface area (Å²) in [5.74, 6) is -0.862. The van der Waals surface area contributed by atoms with Crippen molar-refractivity contribution >= 4 is 10.0 Å². The molecule has 35 heavy (non-hydrogen) atoms. The summed E-state index contributed by atoms with van der Waals surface area (Å²) in [6, 6.07) is 9.82. The molecule has 3 atom stereocenters. The largest absolute Gasteiger partial charge is 0.497 e. The van der Waals surface area contributed by atoms with Crippen molar-refractivity contribution in [1.29, 1.82) is 0 Å². The van der Waals surface area contributed by atoms with E-state index in [1.165, 1.54) is 29.5 Å². The Kier molecular flexibility index (Phi) is 9.44. The fourth-order valence-corrected chi connectivity index (χ4v) is 5.02. The van der Waals surface area contributed by atoms with Gasteiger partial charge in [0.15, 0.2) is 0 Å². The minimum absolute atomic E-state index is 0.0381. The Morgan fingerprint density at radius 3 is 2.60 bits per heavy atom. The molecule has 1 unspecified atom stereocenters. The molecule has 0 saturated carbocycles. The quantitative estimate of drug-likeness (QED) is 0.380. The van der Waals surface area contributed by atoms with E-state index in [2.05, 4.69) is 10.0 Å². The van der Waals surface area contributed by atoms with Gasteiger partial charge in [0, 0.05) is 25.4 Å². The van der Waals surface area contributed by atoms with Crippen molar-refractivity contribution in [3.63, 3.8) is 0 Å². The molecule has 0 fully saturated rings. The van der Waals surface area contributed by atoms with Crippen LogP contribution in [0.1, 0.15) is 24.5 Å². The van der Waals surface area contributed by atoms with Gasteiger partial charge in [0.05, 0.1) is 25.0 Å². The summed E-state index contributed by atoms with van der Waals surface area (Å²) < 4.78 is 65.4. The highest BCUT2D eigenvalue weighted by Crippen LogP contribution is 2.22. The van der Waals surface area contributed by atoms with Crippen LogP contribution in [-0.2, 0) is 27.7 Å². The van der Waals surface area contributed by atoms with Crippen LogP contribution >= 0.6 is 0 Å². The number of methoxy groups -OCH3 is 1. The minimum Gasteiger partial charge on any atom is -0.497 e. The molecule has 1 aliphatic heterocycles. The van der Waals surface area contributed by atoms with Crippen LogP contribution in [-0.4, -0.2) is 56.3 Å². The van der Waals surface area contributed by atoms with Crippen LogP contribution in [0.3, 0.4) is 0 Å². The van der Waals surface area contributed by atoms with E-state index in [1.54, 1.807) is 14.0 Å². The van der Waals surface area contributed by atoms with E-state index >= 15 is 0 Å². The first kappa shape index (κ1) is 26.9. The van der Waals surface area contributed by atoms with Crippen molar-refractivity contribution in [3.05, 3.63) is 77.7 Å². The SMILES string of the molecule is CCCS(=O)(=O)NC1OC=CN1[C@@H](Cc1cc(F)cc(F)c1)[C@H](O)CNCc1cccc(OC)c1. The highest BCUT2D eigenvalue weighted by Gasteiger charge is 2.35. The lowest BCUT2D eigenvalue weighted by molar-refractivity contribution is -0.0190. The number of nitrogens with one attached hydrogen (secondary N) is 2. The summed E-state index contributed by atoms with van der Waals surface area (Å²) in [6.45, 7) is 2.30. The molecule has 2 aromatic rings. The number of hydrogen-bond donors (Lipinski definition) is 3. The lowest BCUT2D eigenvalue weighted by atomic mass is 9.99. The summed E-state index contributed by atoms with van der Waals surface area (Å²) in [6.07, 6.45) is 1.13. The summed E-state index contributed by atoms with van der Waals surface area (Å²) in [7, 11) is -2.06. The molecule has 8 nitrogen and oxygen atoms in total. The number of ether oxygens (including phenoxy) is 2. The molecule has 0 amide bonds. The number of benzene rings is 2. The van der Waals surface area contributed by atoms with Crippen LogP contribution in [0.25, 0.3) is 0 Å². The van der Waals surface area contributed by atoms with Gasteiger partial charge in [-0.25, -0.2) is 17.2 Å². The van der Waals surface area contributed by atoms with Gasteiger partial charge in [-0.1, -0.05) is 19.1 Å². The van der Waals surface area contributed by atoms with Gasteiger partial charge >= 0.3 is 0 Å². The maximum atomic E-state index is 13.8. The van der Waals surface area contributed by atoms with Crippen molar-refractivity contribution in [2.75, 3.05) is 19.4 Å². The summed E-state index contributed by atoms with van der Waals surface area (Å²) >= 11 is 0. The van der Waals surface area contributed by atoms with Crippen LogP contribution in [0.4, 0.5) is 8.78 Å². The van der Waals surface area contributed by atoms with Gasteiger partial charge < -0.3 is 24.8 Å².